The summed E-state index contributed by atoms with van der Waals surface area (Å²) in [5, 5.41) is 15.8. The molecule has 6 rings (SSSR count). The van der Waals surface area contributed by atoms with Crippen LogP contribution < -0.4 is 0 Å². The van der Waals surface area contributed by atoms with Crippen molar-refractivity contribution in [3.8, 4) is 0 Å². The molecule has 6 heteroatoms. The van der Waals surface area contributed by atoms with Crippen molar-refractivity contribution in [2.45, 2.75) is 97.1 Å². The molecular weight excluding hydrogens is 536 g/mol. The number of oxime groups is 1. The van der Waals surface area contributed by atoms with Crippen molar-refractivity contribution in [3.63, 3.8) is 0 Å². The SMILES string of the molecule is CCn1c2ccc(CC(=O)CC3CCCC3)cc2c2cc(C(=NO)c3ccccc3C)ccc21.O=COC1CCCCC1. The lowest BCUT2D eigenvalue weighted by Gasteiger charge is -2.18. The summed E-state index contributed by atoms with van der Waals surface area (Å²) in [5.74, 6) is 0.929. The van der Waals surface area contributed by atoms with E-state index in [2.05, 4.69) is 47.0 Å². The van der Waals surface area contributed by atoms with Gasteiger partial charge in [0.25, 0.3) is 6.47 Å². The van der Waals surface area contributed by atoms with Gasteiger partial charge in [0.1, 0.15) is 17.6 Å². The van der Waals surface area contributed by atoms with E-state index in [1.807, 2.05) is 37.3 Å². The van der Waals surface area contributed by atoms with Gasteiger partial charge in [0.05, 0.1) is 0 Å². The molecule has 0 saturated heterocycles. The zero-order valence-corrected chi connectivity index (χ0v) is 25.6. The molecule has 2 saturated carbocycles. The van der Waals surface area contributed by atoms with Crippen molar-refractivity contribution in [2.24, 2.45) is 11.1 Å². The second-order valence-electron chi connectivity index (χ2n) is 12.2. The average Bonchev–Trinajstić information content (AvgIpc) is 3.64. The quantitative estimate of drug-likeness (QED) is 0.0931. The van der Waals surface area contributed by atoms with Crippen molar-refractivity contribution in [3.05, 3.63) is 82.9 Å². The molecule has 0 bridgehead atoms. The minimum Gasteiger partial charge on any atom is -0.465 e. The molecule has 1 heterocycles. The highest BCUT2D eigenvalue weighted by molar-refractivity contribution is 6.17. The van der Waals surface area contributed by atoms with Crippen LogP contribution in [0.25, 0.3) is 21.8 Å². The van der Waals surface area contributed by atoms with Crippen LogP contribution in [0.2, 0.25) is 0 Å². The average molecular weight is 581 g/mol. The number of aromatic nitrogens is 1. The third kappa shape index (κ3) is 7.18. The lowest BCUT2D eigenvalue weighted by atomic mass is 9.95. The maximum absolute atomic E-state index is 12.8. The minimum atomic E-state index is 0.233. The molecule has 43 heavy (non-hydrogen) atoms. The van der Waals surface area contributed by atoms with Gasteiger partial charge in [-0.2, -0.15) is 0 Å². The third-order valence-corrected chi connectivity index (χ3v) is 9.21. The number of hydrogen-bond acceptors (Lipinski definition) is 5. The van der Waals surface area contributed by atoms with E-state index in [1.165, 1.54) is 50.5 Å². The fourth-order valence-electron chi connectivity index (χ4n) is 6.97. The molecule has 226 valence electrons. The molecule has 2 aliphatic rings. The number of aryl methyl sites for hydroxylation is 2. The van der Waals surface area contributed by atoms with Gasteiger partial charge in [-0.25, -0.2) is 0 Å². The molecule has 2 fully saturated rings. The van der Waals surface area contributed by atoms with Gasteiger partial charge in [-0.05, 0) is 80.8 Å². The lowest BCUT2D eigenvalue weighted by Crippen LogP contribution is -2.15. The number of ether oxygens (including phenoxy) is 1. The van der Waals surface area contributed by atoms with E-state index in [0.717, 1.165) is 57.9 Å². The van der Waals surface area contributed by atoms with E-state index >= 15 is 0 Å². The molecule has 4 aromatic rings. The number of Topliss-reactive ketones (excluding diaryl/α,β-unsaturated/α-hetero) is 1. The summed E-state index contributed by atoms with van der Waals surface area (Å²) in [4.78, 5) is 22.6. The summed E-state index contributed by atoms with van der Waals surface area (Å²) in [6.45, 7) is 5.60. The normalized spacial score (nSPS) is 16.3. The summed E-state index contributed by atoms with van der Waals surface area (Å²) in [7, 11) is 0. The van der Waals surface area contributed by atoms with E-state index < -0.39 is 0 Å². The summed E-state index contributed by atoms with van der Waals surface area (Å²) in [6, 6.07) is 20.7. The highest BCUT2D eigenvalue weighted by atomic mass is 16.5. The van der Waals surface area contributed by atoms with Crippen LogP contribution in [0, 0.1) is 12.8 Å². The zero-order chi connectivity index (χ0) is 30.2. The number of carbonyl (C=O) groups is 2. The Kier molecular flexibility index (Phi) is 10.3. The number of rotatable bonds is 9. The van der Waals surface area contributed by atoms with Crippen molar-refractivity contribution in [1.82, 2.24) is 4.57 Å². The largest absolute Gasteiger partial charge is 0.465 e. The van der Waals surface area contributed by atoms with Crippen molar-refractivity contribution < 1.29 is 19.5 Å². The molecule has 0 aliphatic heterocycles. The van der Waals surface area contributed by atoms with Gasteiger partial charge in [0.15, 0.2) is 0 Å². The molecule has 0 radical (unpaired) electrons. The molecule has 6 nitrogen and oxygen atoms in total. The fraction of sp³-hybridized carbons (Fsp3) is 0.432. The van der Waals surface area contributed by atoms with Crippen molar-refractivity contribution in [2.75, 3.05) is 0 Å². The zero-order valence-electron chi connectivity index (χ0n) is 25.6. The van der Waals surface area contributed by atoms with Gasteiger partial charge in [0.2, 0.25) is 0 Å². The predicted molar refractivity (Wildman–Crippen MR) is 173 cm³/mol. The second-order valence-corrected chi connectivity index (χ2v) is 12.2. The minimum absolute atomic E-state index is 0.233. The first-order valence-corrected chi connectivity index (χ1v) is 16.0. The third-order valence-electron chi connectivity index (χ3n) is 9.21. The predicted octanol–water partition coefficient (Wildman–Crippen LogP) is 8.53. The summed E-state index contributed by atoms with van der Waals surface area (Å²) in [5.41, 5.74) is 6.82. The summed E-state index contributed by atoms with van der Waals surface area (Å²) < 4.78 is 7.11. The monoisotopic (exact) mass is 580 g/mol. The second kappa shape index (κ2) is 14.5. The van der Waals surface area contributed by atoms with Crippen LogP contribution in [0.1, 0.15) is 93.4 Å². The summed E-state index contributed by atoms with van der Waals surface area (Å²) in [6.07, 6.45) is 12.3. The van der Waals surface area contributed by atoms with E-state index in [4.69, 9.17) is 4.74 Å². The van der Waals surface area contributed by atoms with Gasteiger partial charge >= 0.3 is 0 Å². The van der Waals surface area contributed by atoms with Gasteiger partial charge in [-0.15, -0.1) is 0 Å². The number of fused-ring (bicyclic) bond motifs is 3. The molecule has 0 atom stereocenters. The molecule has 2 aliphatic carbocycles. The highest BCUT2D eigenvalue weighted by Gasteiger charge is 2.20. The van der Waals surface area contributed by atoms with Crippen LogP contribution in [-0.4, -0.2) is 33.8 Å². The Labute approximate surface area is 254 Å². The Bertz CT molecular complexity index is 1590. The van der Waals surface area contributed by atoms with Gasteiger partial charge < -0.3 is 14.5 Å². The molecule has 1 aromatic heterocycles. The van der Waals surface area contributed by atoms with Gasteiger partial charge in [-0.3, -0.25) is 9.59 Å². The smallest absolute Gasteiger partial charge is 0.293 e. The van der Waals surface area contributed by atoms with Crippen LogP contribution in [0.4, 0.5) is 0 Å². The number of carbonyl (C=O) groups excluding carboxylic acids is 2. The van der Waals surface area contributed by atoms with Gasteiger partial charge in [0, 0.05) is 52.3 Å². The Morgan fingerprint density at radius 1 is 0.930 bits per heavy atom. The van der Waals surface area contributed by atoms with Crippen LogP contribution in [0.15, 0.2) is 65.8 Å². The fourth-order valence-corrected chi connectivity index (χ4v) is 6.97. The lowest BCUT2D eigenvalue weighted by molar-refractivity contribution is -0.134. The Morgan fingerprint density at radius 3 is 2.28 bits per heavy atom. The van der Waals surface area contributed by atoms with Crippen LogP contribution in [0.3, 0.4) is 0 Å². The van der Waals surface area contributed by atoms with E-state index in [1.54, 1.807) is 0 Å². The van der Waals surface area contributed by atoms with Crippen molar-refractivity contribution >= 4 is 39.8 Å². The number of hydrogen-bond donors (Lipinski definition) is 1. The highest BCUT2D eigenvalue weighted by Crippen LogP contribution is 2.33. The number of ketones is 1. The number of nitrogens with zero attached hydrogens (tertiary/aromatic N) is 2. The van der Waals surface area contributed by atoms with E-state index in [0.29, 0.717) is 36.7 Å². The van der Waals surface area contributed by atoms with E-state index in [-0.39, 0.29) is 6.10 Å². The number of benzene rings is 3. The molecule has 1 N–H and O–H groups in total. The molecular formula is C37H44N2O4. The van der Waals surface area contributed by atoms with Gasteiger partial charge in [-0.1, -0.05) is 73.7 Å². The maximum atomic E-state index is 12.8. The van der Waals surface area contributed by atoms with Crippen LogP contribution >= 0.6 is 0 Å². The first kappa shape index (κ1) is 30.5. The summed E-state index contributed by atoms with van der Waals surface area (Å²) >= 11 is 0. The Hall–Kier alpha value is -3.93. The molecule has 0 amide bonds. The van der Waals surface area contributed by atoms with E-state index in [9.17, 15) is 14.8 Å². The molecule has 3 aromatic carbocycles. The Morgan fingerprint density at radius 2 is 1.60 bits per heavy atom. The molecule has 0 unspecified atom stereocenters. The maximum Gasteiger partial charge on any atom is 0.293 e. The first-order chi connectivity index (χ1) is 21.0. The van der Waals surface area contributed by atoms with Crippen molar-refractivity contribution in [1.29, 1.82) is 0 Å². The van der Waals surface area contributed by atoms with Crippen LogP contribution in [0.5, 0.6) is 0 Å². The topological polar surface area (TPSA) is 80.9 Å². The van der Waals surface area contributed by atoms with Crippen LogP contribution in [-0.2, 0) is 27.3 Å². The first-order valence-electron chi connectivity index (χ1n) is 16.0. The Balaban J connectivity index is 0.000000351. The standard InChI is InChI=1S/C30H32N2O2.C7H12O2/c1-3-32-28-14-12-22(17-24(33)16-21-9-5-6-10-21)18-26(28)27-19-23(13-15-29(27)32)30(31-34)25-11-7-4-8-20(25)2;8-6-9-7-4-2-1-3-5-7/h4,7-8,11-15,18-19,21,34H,3,5-6,9-10,16-17H2,1-2H3;6-7H,1-5H2. The molecule has 0 spiro atoms.